The van der Waals surface area contributed by atoms with Crippen molar-refractivity contribution in [1.82, 2.24) is 5.32 Å². The fourth-order valence-corrected chi connectivity index (χ4v) is 14.0. The van der Waals surface area contributed by atoms with Crippen molar-refractivity contribution in [2.45, 2.75) is 508 Å². The van der Waals surface area contributed by atoms with Gasteiger partial charge in [-0.25, -0.2) is 0 Å². The number of aliphatic hydroxyl groups is 2. The van der Waals surface area contributed by atoms with Crippen LogP contribution in [-0.2, 0) is 14.3 Å². The van der Waals surface area contributed by atoms with Crippen LogP contribution in [0.1, 0.15) is 495 Å². The molecule has 0 fully saturated rings. The highest BCUT2D eigenvalue weighted by Crippen LogP contribution is 2.21. The molecule has 0 spiro atoms. The van der Waals surface area contributed by atoms with E-state index in [1.54, 1.807) is 0 Å². The highest BCUT2D eigenvalue weighted by molar-refractivity contribution is 5.76. The van der Waals surface area contributed by atoms with Crippen LogP contribution in [0.5, 0.6) is 0 Å². The summed E-state index contributed by atoms with van der Waals surface area (Å²) in [6.45, 7) is 4.98. The molecule has 0 saturated heterocycles. The molecule has 0 aliphatic carbocycles. The average Bonchev–Trinajstić information content (AvgIpc) is 3.78. The topological polar surface area (TPSA) is 95.9 Å². The minimum atomic E-state index is -0.662. The van der Waals surface area contributed by atoms with E-state index in [0.717, 1.165) is 51.4 Å². The molecule has 0 aromatic rings. The highest BCUT2D eigenvalue weighted by atomic mass is 16.5. The Morgan fingerprint density at radius 2 is 0.538 bits per heavy atom. The van der Waals surface area contributed by atoms with E-state index in [0.29, 0.717) is 25.9 Å². The lowest BCUT2D eigenvalue weighted by Gasteiger charge is -2.22. The Balaban J connectivity index is 3.31. The summed E-state index contributed by atoms with van der Waals surface area (Å²) in [5, 5.41) is 23.5. The predicted molar refractivity (Wildman–Crippen MR) is 412 cm³/mol. The molecule has 552 valence electrons. The van der Waals surface area contributed by atoms with Crippen molar-refractivity contribution in [3.8, 4) is 0 Å². The van der Waals surface area contributed by atoms with E-state index >= 15 is 0 Å². The Kier molecular flexibility index (Phi) is 81.3. The normalized spacial score (nSPS) is 12.5. The number of unbranched alkanes of at least 4 members (excludes halogenated alkanes) is 67. The Hall–Kier alpha value is -1.66. The monoisotopic (exact) mass is 1310 g/mol. The van der Waals surface area contributed by atoms with Crippen LogP contribution in [0.15, 0.2) is 24.3 Å². The lowest BCUT2D eigenvalue weighted by molar-refractivity contribution is -0.143. The molecule has 0 radical (unpaired) electrons. The molecule has 0 saturated carbocycles. The van der Waals surface area contributed by atoms with Crippen molar-refractivity contribution in [2.24, 2.45) is 0 Å². The van der Waals surface area contributed by atoms with Crippen molar-refractivity contribution in [2.75, 3.05) is 13.2 Å². The van der Waals surface area contributed by atoms with Crippen LogP contribution in [0, 0.1) is 0 Å². The van der Waals surface area contributed by atoms with E-state index in [9.17, 15) is 19.8 Å². The Labute approximate surface area is 583 Å². The van der Waals surface area contributed by atoms with Gasteiger partial charge in [-0.1, -0.05) is 449 Å². The van der Waals surface area contributed by atoms with Gasteiger partial charge in [-0.05, 0) is 57.8 Å². The molecule has 0 aliphatic heterocycles. The number of carbonyl (C=O) groups excluding carboxylic acids is 2. The van der Waals surface area contributed by atoms with Crippen LogP contribution in [-0.4, -0.2) is 47.4 Å². The molecule has 0 rings (SSSR count). The van der Waals surface area contributed by atoms with Gasteiger partial charge in [0.2, 0.25) is 5.91 Å². The van der Waals surface area contributed by atoms with Gasteiger partial charge >= 0.3 is 5.97 Å². The molecule has 0 aliphatic rings. The number of carbonyl (C=O) groups is 2. The fourth-order valence-electron chi connectivity index (χ4n) is 14.0. The third-order valence-corrected chi connectivity index (χ3v) is 20.5. The second-order valence-electron chi connectivity index (χ2n) is 29.9. The first-order chi connectivity index (χ1) is 46.0. The van der Waals surface area contributed by atoms with E-state index in [4.69, 9.17) is 4.74 Å². The fraction of sp³-hybridized carbons (Fsp3) is 0.931. The van der Waals surface area contributed by atoms with Gasteiger partial charge in [0, 0.05) is 12.8 Å². The van der Waals surface area contributed by atoms with Crippen molar-refractivity contribution < 1.29 is 24.5 Å². The predicted octanol–water partition coefficient (Wildman–Crippen LogP) is 28.8. The molecule has 1 amide bonds. The first-order valence-corrected chi connectivity index (χ1v) is 43.1. The molecular weight excluding hydrogens is 1140 g/mol. The minimum absolute atomic E-state index is 0.0104. The molecule has 0 bridgehead atoms. The molecule has 2 unspecified atom stereocenters. The number of amides is 1. The largest absolute Gasteiger partial charge is 0.466 e. The molecule has 0 heterocycles. The zero-order chi connectivity index (χ0) is 67.0. The summed E-state index contributed by atoms with van der Waals surface area (Å²) in [4.78, 5) is 24.7. The molecular formula is C87H169NO5. The molecule has 6 nitrogen and oxygen atoms in total. The Morgan fingerprint density at radius 1 is 0.301 bits per heavy atom. The average molecular weight is 1310 g/mol. The Bertz CT molecular complexity index is 1460. The highest BCUT2D eigenvalue weighted by Gasteiger charge is 2.20. The summed E-state index contributed by atoms with van der Waals surface area (Å²) in [5.74, 6) is -0.0125. The maximum absolute atomic E-state index is 12.6. The number of ether oxygens (including phenoxy) is 1. The van der Waals surface area contributed by atoms with E-state index in [1.807, 2.05) is 0 Å². The van der Waals surface area contributed by atoms with Crippen molar-refractivity contribution in [3.05, 3.63) is 24.3 Å². The summed E-state index contributed by atoms with van der Waals surface area (Å²) in [6, 6.07) is -0.538. The van der Waals surface area contributed by atoms with Crippen molar-refractivity contribution in [1.29, 1.82) is 0 Å². The van der Waals surface area contributed by atoms with Crippen LogP contribution < -0.4 is 5.32 Å². The first-order valence-electron chi connectivity index (χ1n) is 43.1. The lowest BCUT2D eigenvalue weighted by Crippen LogP contribution is -2.45. The molecule has 2 atom stereocenters. The van der Waals surface area contributed by atoms with E-state index < -0.39 is 12.1 Å². The summed E-state index contributed by atoms with van der Waals surface area (Å²) in [7, 11) is 0. The van der Waals surface area contributed by atoms with Gasteiger partial charge in [-0.2, -0.15) is 0 Å². The summed E-state index contributed by atoms with van der Waals surface area (Å²) >= 11 is 0. The Morgan fingerprint density at radius 3 is 0.839 bits per heavy atom. The second-order valence-corrected chi connectivity index (χ2v) is 29.9. The maximum atomic E-state index is 12.6. The standard InChI is InChI=1S/C87H169NO5/c1-3-5-7-9-11-13-15-17-19-20-21-22-23-39-42-45-48-52-55-59-63-67-71-75-79-85(90)84(83-89)88-86(91)80-76-72-68-64-60-56-53-49-46-43-40-37-35-33-31-29-27-25-24-26-28-30-32-34-36-38-41-44-47-50-54-58-62-66-70-74-78-82-93-87(92)81-77-73-69-65-61-57-51-18-16-14-12-10-8-6-4-2/h12,14,18,51,84-85,89-90H,3-11,13,15-17,19-50,52-83H2,1-2H3,(H,88,91)/b14-12-,51-18-. The number of nitrogens with one attached hydrogen (secondary N) is 1. The second kappa shape index (κ2) is 82.8. The molecule has 0 aromatic heterocycles. The number of hydrogen-bond acceptors (Lipinski definition) is 5. The zero-order valence-electron chi connectivity index (χ0n) is 63.5. The number of hydrogen-bond donors (Lipinski definition) is 3. The van der Waals surface area contributed by atoms with Gasteiger partial charge in [0.05, 0.1) is 25.4 Å². The van der Waals surface area contributed by atoms with E-state index in [2.05, 4.69) is 43.5 Å². The van der Waals surface area contributed by atoms with Gasteiger partial charge in [0.1, 0.15) is 0 Å². The van der Waals surface area contributed by atoms with Gasteiger partial charge in [0.15, 0.2) is 0 Å². The summed E-state index contributed by atoms with van der Waals surface area (Å²) in [5.41, 5.74) is 0. The number of aliphatic hydroxyl groups excluding tert-OH is 2. The van der Waals surface area contributed by atoms with Gasteiger partial charge in [-0.3, -0.25) is 9.59 Å². The third-order valence-electron chi connectivity index (χ3n) is 20.5. The molecule has 93 heavy (non-hydrogen) atoms. The van der Waals surface area contributed by atoms with Gasteiger partial charge in [0.25, 0.3) is 0 Å². The smallest absolute Gasteiger partial charge is 0.305 e. The summed E-state index contributed by atoms with van der Waals surface area (Å²) < 4.78 is 5.50. The number of allylic oxidation sites excluding steroid dienone is 4. The van der Waals surface area contributed by atoms with Crippen molar-refractivity contribution >= 4 is 11.9 Å². The van der Waals surface area contributed by atoms with Crippen LogP contribution in [0.2, 0.25) is 0 Å². The molecule has 6 heteroatoms. The van der Waals surface area contributed by atoms with Gasteiger partial charge in [-0.15, -0.1) is 0 Å². The SMILES string of the molecule is CCCCC/C=C\C/C=C\CCCCCCCC(=O)OCCCCCCCCCCCCCCCCCCCCCCCCCCCCCCCCCCCCCCCC(=O)NC(CO)C(O)CCCCCCCCCCCCCCCCCCCCCCCCCC. The van der Waals surface area contributed by atoms with Crippen LogP contribution in [0.4, 0.5) is 0 Å². The quantitative estimate of drug-likeness (QED) is 0.0320. The maximum Gasteiger partial charge on any atom is 0.305 e. The molecule has 3 N–H and O–H groups in total. The van der Waals surface area contributed by atoms with Crippen LogP contribution in [0.25, 0.3) is 0 Å². The van der Waals surface area contributed by atoms with Crippen LogP contribution >= 0.6 is 0 Å². The van der Waals surface area contributed by atoms with E-state index in [1.165, 1.54) is 411 Å². The van der Waals surface area contributed by atoms with Crippen LogP contribution in [0.3, 0.4) is 0 Å². The van der Waals surface area contributed by atoms with E-state index in [-0.39, 0.29) is 18.5 Å². The number of esters is 1. The third kappa shape index (κ3) is 79.2. The zero-order valence-corrected chi connectivity index (χ0v) is 63.5. The van der Waals surface area contributed by atoms with Gasteiger partial charge < -0.3 is 20.3 Å². The molecule has 0 aromatic carbocycles. The van der Waals surface area contributed by atoms with Crippen molar-refractivity contribution in [3.63, 3.8) is 0 Å². The first kappa shape index (κ1) is 91.3. The summed E-state index contributed by atoms with van der Waals surface area (Å²) in [6.07, 6.45) is 107. The number of rotatable bonds is 82. The lowest BCUT2D eigenvalue weighted by atomic mass is 10.0. The minimum Gasteiger partial charge on any atom is -0.466 e.